The molecule has 1 heterocycles. The molecule has 1 amide bonds. The van der Waals surface area contributed by atoms with Crippen LogP contribution in [0.3, 0.4) is 0 Å². The van der Waals surface area contributed by atoms with Crippen molar-refractivity contribution in [3.8, 4) is 11.4 Å². The molecule has 8 heteroatoms. The van der Waals surface area contributed by atoms with E-state index >= 15 is 0 Å². The summed E-state index contributed by atoms with van der Waals surface area (Å²) in [6.45, 7) is 3.76. The first-order valence-electron chi connectivity index (χ1n) is 9.47. The molecule has 0 aliphatic heterocycles. The third-order valence-corrected chi connectivity index (χ3v) is 4.85. The van der Waals surface area contributed by atoms with Gasteiger partial charge in [0.05, 0.1) is 18.9 Å². The van der Waals surface area contributed by atoms with E-state index in [0.717, 1.165) is 22.6 Å². The van der Waals surface area contributed by atoms with Gasteiger partial charge in [0.25, 0.3) is 5.91 Å². The molecule has 31 heavy (non-hydrogen) atoms. The van der Waals surface area contributed by atoms with Gasteiger partial charge in [-0.2, -0.15) is 5.10 Å². The Kier molecular flexibility index (Phi) is 7.10. The van der Waals surface area contributed by atoms with Gasteiger partial charge < -0.3 is 14.0 Å². The average Bonchev–Trinajstić information content (AvgIpc) is 3.06. The highest BCUT2D eigenvalue weighted by Crippen LogP contribution is 2.20. The molecule has 0 spiro atoms. The fraction of sp³-hybridized carbons (Fsp3) is 0.174. The Morgan fingerprint density at radius 2 is 1.77 bits per heavy atom. The van der Waals surface area contributed by atoms with Crippen molar-refractivity contribution in [1.82, 2.24) is 9.99 Å². The van der Waals surface area contributed by atoms with Crippen molar-refractivity contribution in [1.29, 1.82) is 0 Å². The van der Waals surface area contributed by atoms with E-state index in [1.165, 1.54) is 7.11 Å². The van der Waals surface area contributed by atoms with Gasteiger partial charge in [0.2, 0.25) is 0 Å². The number of nitrogens with one attached hydrogen (secondary N) is 1. The molecule has 1 N–H and O–H groups in total. The largest absolute Gasteiger partial charge is 0.484 e. The van der Waals surface area contributed by atoms with Crippen molar-refractivity contribution in [3.63, 3.8) is 0 Å². The fourth-order valence-electron chi connectivity index (χ4n) is 3.07. The third kappa shape index (κ3) is 5.52. The van der Waals surface area contributed by atoms with Gasteiger partial charge in [0.15, 0.2) is 6.61 Å². The summed E-state index contributed by atoms with van der Waals surface area (Å²) in [7, 11) is 1.35. The first-order chi connectivity index (χ1) is 14.9. The highest BCUT2D eigenvalue weighted by Gasteiger charge is 2.11. The standard InChI is InChI=1S/C23H22ClN3O4/c1-15-12-18(13-25-26-22(28)14-31-21-10-6-19(24)7-11-21)16(2)27(15)20-8-4-17(5-9-20)23(29)30-3/h4-13H,14H2,1-3H3,(H,26,28)/b25-13-. The molecule has 0 aliphatic carbocycles. The summed E-state index contributed by atoms with van der Waals surface area (Å²) in [4.78, 5) is 23.6. The minimum atomic E-state index is -0.379. The van der Waals surface area contributed by atoms with E-state index in [-0.39, 0.29) is 18.5 Å². The van der Waals surface area contributed by atoms with Gasteiger partial charge in [-0.3, -0.25) is 4.79 Å². The predicted octanol–water partition coefficient (Wildman–Crippen LogP) is 4.06. The van der Waals surface area contributed by atoms with Crippen molar-refractivity contribution in [2.75, 3.05) is 13.7 Å². The van der Waals surface area contributed by atoms with E-state index in [4.69, 9.17) is 21.1 Å². The third-order valence-electron chi connectivity index (χ3n) is 4.59. The summed E-state index contributed by atoms with van der Waals surface area (Å²) in [6, 6.07) is 15.8. The van der Waals surface area contributed by atoms with Gasteiger partial charge in [-0.25, -0.2) is 10.2 Å². The van der Waals surface area contributed by atoms with Gasteiger partial charge in [0, 0.05) is 27.7 Å². The van der Waals surface area contributed by atoms with Crippen LogP contribution in [0.15, 0.2) is 59.7 Å². The maximum absolute atomic E-state index is 11.9. The predicted molar refractivity (Wildman–Crippen MR) is 119 cm³/mol. The molecule has 2 aromatic carbocycles. The Labute approximate surface area is 185 Å². The SMILES string of the molecule is COC(=O)c1ccc(-n2c(C)cc(/C=N\NC(=O)COc3ccc(Cl)cc3)c2C)cc1. The summed E-state index contributed by atoms with van der Waals surface area (Å²) in [5.74, 6) is -0.209. The summed E-state index contributed by atoms with van der Waals surface area (Å²) in [5, 5.41) is 4.62. The zero-order valence-corrected chi connectivity index (χ0v) is 18.1. The lowest BCUT2D eigenvalue weighted by Crippen LogP contribution is -2.24. The van der Waals surface area contributed by atoms with Crippen molar-refractivity contribution >= 4 is 29.7 Å². The minimum absolute atomic E-state index is 0.162. The molecule has 1 aromatic heterocycles. The number of benzene rings is 2. The lowest BCUT2D eigenvalue weighted by molar-refractivity contribution is -0.123. The molecule has 3 rings (SSSR count). The molecule has 7 nitrogen and oxygen atoms in total. The van der Waals surface area contributed by atoms with Crippen molar-refractivity contribution in [3.05, 3.63) is 82.1 Å². The van der Waals surface area contributed by atoms with Crippen LogP contribution in [0.5, 0.6) is 5.75 Å². The van der Waals surface area contributed by atoms with Crippen LogP contribution in [0.2, 0.25) is 5.02 Å². The molecule has 0 radical (unpaired) electrons. The highest BCUT2D eigenvalue weighted by molar-refractivity contribution is 6.30. The first kappa shape index (κ1) is 22.1. The Hall–Kier alpha value is -3.58. The van der Waals surface area contributed by atoms with Crippen LogP contribution in [-0.4, -0.2) is 36.4 Å². The number of nitrogens with zero attached hydrogens (tertiary/aromatic N) is 2. The number of hydrogen-bond acceptors (Lipinski definition) is 5. The number of esters is 1. The average molecular weight is 440 g/mol. The Morgan fingerprint density at radius 3 is 2.42 bits per heavy atom. The Morgan fingerprint density at radius 1 is 1.10 bits per heavy atom. The van der Waals surface area contributed by atoms with E-state index in [1.54, 1.807) is 42.6 Å². The number of rotatable bonds is 7. The van der Waals surface area contributed by atoms with Crippen LogP contribution in [0.1, 0.15) is 27.3 Å². The molecule has 160 valence electrons. The van der Waals surface area contributed by atoms with E-state index < -0.39 is 0 Å². The number of hydrazone groups is 1. The second kappa shape index (κ2) is 9.95. The molecular formula is C23H22ClN3O4. The molecule has 0 saturated carbocycles. The summed E-state index contributed by atoms with van der Waals surface area (Å²) in [5.41, 5.74) is 6.63. The maximum Gasteiger partial charge on any atom is 0.337 e. The van der Waals surface area contributed by atoms with Crippen molar-refractivity contribution in [2.45, 2.75) is 13.8 Å². The van der Waals surface area contributed by atoms with Gasteiger partial charge in [-0.15, -0.1) is 0 Å². The number of hydrogen-bond donors (Lipinski definition) is 1. The number of amides is 1. The van der Waals surface area contributed by atoms with Gasteiger partial charge >= 0.3 is 5.97 Å². The van der Waals surface area contributed by atoms with Crippen LogP contribution in [0.4, 0.5) is 0 Å². The molecule has 0 unspecified atom stereocenters. The lowest BCUT2D eigenvalue weighted by atomic mass is 10.2. The van der Waals surface area contributed by atoms with Gasteiger partial charge in [0.1, 0.15) is 5.75 Å². The summed E-state index contributed by atoms with van der Waals surface area (Å²) < 4.78 is 12.2. The Bertz CT molecular complexity index is 1100. The van der Waals surface area contributed by atoms with E-state index in [2.05, 4.69) is 10.5 Å². The molecule has 3 aromatic rings. The van der Waals surface area contributed by atoms with Crippen molar-refractivity contribution in [2.24, 2.45) is 5.10 Å². The maximum atomic E-state index is 11.9. The molecule has 0 saturated heterocycles. The molecule has 0 fully saturated rings. The van der Waals surface area contributed by atoms with Crippen LogP contribution >= 0.6 is 11.6 Å². The topological polar surface area (TPSA) is 81.9 Å². The minimum Gasteiger partial charge on any atom is -0.484 e. The van der Waals surface area contributed by atoms with Crippen LogP contribution in [-0.2, 0) is 9.53 Å². The number of methoxy groups -OCH3 is 1. The number of aromatic nitrogens is 1. The number of carbonyl (C=O) groups is 2. The quantitative estimate of drug-likeness (QED) is 0.342. The number of ether oxygens (including phenoxy) is 2. The zero-order chi connectivity index (χ0) is 22.4. The Balaban J connectivity index is 1.63. The summed E-state index contributed by atoms with van der Waals surface area (Å²) >= 11 is 5.82. The van der Waals surface area contributed by atoms with Crippen LogP contribution in [0, 0.1) is 13.8 Å². The van der Waals surface area contributed by atoms with Crippen LogP contribution < -0.4 is 10.2 Å². The molecule has 0 bridgehead atoms. The lowest BCUT2D eigenvalue weighted by Gasteiger charge is -2.10. The fourth-order valence-corrected chi connectivity index (χ4v) is 3.19. The van der Waals surface area contributed by atoms with E-state index in [1.807, 2.05) is 36.6 Å². The van der Waals surface area contributed by atoms with Gasteiger partial charge in [-0.1, -0.05) is 11.6 Å². The number of carbonyl (C=O) groups excluding carboxylic acids is 2. The second-order valence-corrected chi connectivity index (χ2v) is 7.17. The molecule has 0 aliphatic rings. The normalized spacial score (nSPS) is 10.8. The first-order valence-corrected chi connectivity index (χ1v) is 9.85. The number of halogens is 1. The smallest absolute Gasteiger partial charge is 0.337 e. The zero-order valence-electron chi connectivity index (χ0n) is 17.4. The van der Waals surface area contributed by atoms with E-state index in [9.17, 15) is 9.59 Å². The van der Waals surface area contributed by atoms with Gasteiger partial charge in [-0.05, 0) is 68.4 Å². The van der Waals surface area contributed by atoms with Crippen molar-refractivity contribution < 1.29 is 19.1 Å². The summed E-state index contributed by atoms with van der Waals surface area (Å²) in [6.07, 6.45) is 1.59. The molecule has 0 atom stereocenters. The number of aryl methyl sites for hydroxylation is 1. The second-order valence-electron chi connectivity index (χ2n) is 6.74. The van der Waals surface area contributed by atoms with Crippen LogP contribution in [0.25, 0.3) is 5.69 Å². The highest BCUT2D eigenvalue weighted by atomic mass is 35.5. The monoisotopic (exact) mass is 439 g/mol. The van der Waals surface area contributed by atoms with E-state index in [0.29, 0.717) is 16.3 Å². The molecular weight excluding hydrogens is 418 g/mol.